The van der Waals surface area contributed by atoms with Crippen LogP contribution in [0.15, 0.2) is 35.0 Å². The van der Waals surface area contributed by atoms with Gasteiger partial charge in [-0.05, 0) is 61.4 Å². The van der Waals surface area contributed by atoms with Gasteiger partial charge in [-0.15, -0.1) is 0 Å². The second kappa shape index (κ2) is 8.64. The van der Waals surface area contributed by atoms with Gasteiger partial charge in [0.1, 0.15) is 6.61 Å². The van der Waals surface area contributed by atoms with Crippen LogP contribution in [0, 0.1) is 12.8 Å². The number of aliphatic hydroxyl groups excluding tert-OH is 1. The molecule has 0 unspecified atom stereocenters. The van der Waals surface area contributed by atoms with E-state index in [0.29, 0.717) is 24.5 Å². The molecule has 1 aromatic rings. The molecule has 5 heteroatoms. The number of nitrogens with zero attached hydrogens (tertiary/aromatic N) is 1. The van der Waals surface area contributed by atoms with Crippen molar-refractivity contribution in [1.82, 2.24) is 0 Å². The average molecular weight is 331 g/mol. The quantitative estimate of drug-likeness (QED) is 0.344. The largest absolute Gasteiger partial charge is 0.466 e. The highest BCUT2D eigenvalue weighted by Gasteiger charge is 2.22. The highest BCUT2D eigenvalue weighted by molar-refractivity contribution is 5.98. The zero-order chi connectivity index (χ0) is 17.5. The summed E-state index contributed by atoms with van der Waals surface area (Å²) in [7, 11) is 1.34. The number of hydrogen-bond acceptors (Lipinski definition) is 5. The van der Waals surface area contributed by atoms with E-state index in [1.807, 2.05) is 32.0 Å². The van der Waals surface area contributed by atoms with Gasteiger partial charge in [0.2, 0.25) is 0 Å². The van der Waals surface area contributed by atoms with Crippen LogP contribution in [0.2, 0.25) is 0 Å². The Morgan fingerprint density at radius 2 is 2.17 bits per heavy atom. The molecule has 1 fully saturated rings. The van der Waals surface area contributed by atoms with Crippen LogP contribution in [0.5, 0.6) is 0 Å². The van der Waals surface area contributed by atoms with Gasteiger partial charge < -0.3 is 14.7 Å². The van der Waals surface area contributed by atoms with Crippen molar-refractivity contribution in [3.8, 4) is 0 Å². The zero-order valence-corrected chi connectivity index (χ0v) is 14.5. The Labute approximate surface area is 143 Å². The number of esters is 1. The molecule has 0 atom stereocenters. The second-order valence-corrected chi connectivity index (χ2v) is 6.14. The van der Waals surface area contributed by atoms with Crippen LogP contribution in [0.1, 0.15) is 36.5 Å². The molecule has 0 amide bonds. The molecule has 0 aliphatic heterocycles. The highest BCUT2D eigenvalue weighted by Crippen LogP contribution is 2.28. The van der Waals surface area contributed by atoms with E-state index in [-0.39, 0.29) is 6.61 Å². The highest BCUT2D eigenvalue weighted by atomic mass is 16.6. The summed E-state index contributed by atoms with van der Waals surface area (Å²) < 4.78 is 4.77. The van der Waals surface area contributed by atoms with Crippen LogP contribution in [0.3, 0.4) is 0 Å². The van der Waals surface area contributed by atoms with E-state index >= 15 is 0 Å². The minimum absolute atomic E-state index is 0.196. The topological polar surface area (TPSA) is 68.1 Å². The number of carbonyl (C=O) groups excluding carboxylic acids is 1. The molecule has 130 valence electrons. The third-order valence-electron chi connectivity index (χ3n) is 4.14. The van der Waals surface area contributed by atoms with Gasteiger partial charge in [0.25, 0.3) is 0 Å². The summed E-state index contributed by atoms with van der Waals surface area (Å²) in [6.45, 7) is 4.38. The maximum Gasteiger partial charge on any atom is 0.333 e. The summed E-state index contributed by atoms with van der Waals surface area (Å²) in [5, 5.41) is 13.3. The van der Waals surface area contributed by atoms with Gasteiger partial charge in [-0.2, -0.15) is 0 Å². The Morgan fingerprint density at radius 1 is 1.42 bits per heavy atom. The molecule has 1 N–H and O–H groups in total. The number of carbonyl (C=O) groups is 1. The Balaban J connectivity index is 2.14. The Bertz CT molecular complexity index is 645. The molecule has 0 bridgehead atoms. The SMILES string of the molecule is COC(=O)/C(=C/CO)Cc1cc(C(C)=NOCC2CC2)ccc1C. The molecule has 1 aliphatic rings. The first-order chi connectivity index (χ1) is 11.5. The molecule has 0 radical (unpaired) electrons. The maximum absolute atomic E-state index is 11.8. The van der Waals surface area contributed by atoms with Crippen LogP contribution in [0.25, 0.3) is 0 Å². The fraction of sp³-hybridized carbons (Fsp3) is 0.474. The summed E-state index contributed by atoms with van der Waals surface area (Å²) in [5.41, 5.74) is 4.27. The van der Waals surface area contributed by atoms with Crippen LogP contribution < -0.4 is 0 Å². The van der Waals surface area contributed by atoms with Crippen molar-refractivity contribution in [1.29, 1.82) is 0 Å². The third kappa shape index (κ3) is 5.20. The van der Waals surface area contributed by atoms with Crippen LogP contribution in [0.4, 0.5) is 0 Å². The first-order valence-corrected chi connectivity index (χ1v) is 8.19. The van der Waals surface area contributed by atoms with E-state index < -0.39 is 5.97 Å². The second-order valence-electron chi connectivity index (χ2n) is 6.14. The standard InChI is InChI=1S/C19H25NO4/c1-13-4-7-16(14(2)20-24-12-15-5-6-15)10-18(13)11-17(8-9-21)19(22)23-3/h4,7-8,10,15,21H,5-6,9,11-12H2,1-3H3/b17-8+,20-14?. The van der Waals surface area contributed by atoms with Crippen molar-refractivity contribution in [2.24, 2.45) is 11.1 Å². The van der Waals surface area contributed by atoms with Gasteiger partial charge in [-0.3, -0.25) is 0 Å². The minimum Gasteiger partial charge on any atom is -0.466 e. The molecule has 24 heavy (non-hydrogen) atoms. The number of methoxy groups -OCH3 is 1. The lowest BCUT2D eigenvalue weighted by atomic mass is 9.97. The van der Waals surface area contributed by atoms with Crippen molar-refractivity contribution >= 4 is 11.7 Å². The monoisotopic (exact) mass is 331 g/mol. The smallest absolute Gasteiger partial charge is 0.333 e. The molecular weight excluding hydrogens is 306 g/mol. The van der Waals surface area contributed by atoms with E-state index in [2.05, 4.69) is 5.16 Å². The molecule has 0 saturated heterocycles. The van der Waals surface area contributed by atoms with Crippen molar-refractivity contribution in [3.63, 3.8) is 0 Å². The summed E-state index contributed by atoms with van der Waals surface area (Å²) >= 11 is 0. The first-order valence-electron chi connectivity index (χ1n) is 8.19. The number of aryl methyl sites for hydroxylation is 1. The normalized spacial score (nSPS) is 15.3. The molecule has 2 rings (SSSR count). The van der Waals surface area contributed by atoms with Gasteiger partial charge in [-0.25, -0.2) is 4.79 Å². The van der Waals surface area contributed by atoms with Gasteiger partial charge in [-0.1, -0.05) is 17.3 Å². The van der Waals surface area contributed by atoms with Crippen molar-refractivity contribution in [2.45, 2.75) is 33.1 Å². The molecule has 0 heterocycles. The molecule has 1 saturated carbocycles. The van der Waals surface area contributed by atoms with Crippen LogP contribution in [-0.2, 0) is 20.8 Å². The van der Waals surface area contributed by atoms with Crippen molar-refractivity contribution in [3.05, 3.63) is 46.5 Å². The number of oxime groups is 1. The van der Waals surface area contributed by atoms with Crippen molar-refractivity contribution < 1.29 is 19.5 Å². The van der Waals surface area contributed by atoms with Gasteiger partial charge in [0, 0.05) is 12.0 Å². The average Bonchev–Trinajstić information content (AvgIpc) is 3.39. The van der Waals surface area contributed by atoms with E-state index in [1.165, 1.54) is 26.0 Å². The van der Waals surface area contributed by atoms with Gasteiger partial charge in [0.15, 0.2) is 0 Å². The number of rotatable bonds is 8. The molecule has 1 aliphatic carbocycles. The summed E-state index contributed by atoms with van der Waals surface area (Å²) in [4.78, 5) is 17.2. The van der Waals surface area contributed by atoms with E-state index in [9.17, 15) is 4.79 Å². The fourth-order valence-corrected chi connectivity index (χ4v) is 2.34. The number of hydrogen-bond donors (Lipinski definition) is 1. The summed E-state index contributed by atoms with van der Waals surface area (Å²) in [5.74, 6) is 0.244. The summed E-state index contributed by atoms with van der Waals surface area (Å²) in [6.07, 6.45) is 4.36. The lowest BCUT2D eigenvalue weighted by Gasteiger charge is -2.11. The third-order valence-corrected chi connectivity index (χ3v) is 4.14. The maximum atomic E-state index is 11.8. The molecule has 5 nitrogen and oxygen atoms in total. The Hall–Kier alpha value is -2.14. The predicted octanol–water partition coefficient (Wildman–Crippen LogP) is 2.78. The fourth-order valence-electron chi connectivity index (χ4n) is 2.34. The predicted molar refractivity (Wildman–Crippen MR) is 93.0 cm³/mol. The van der Waals surface area contributed by atoms with Crippen LogP contribution >= 0.6 is 0 Å². The molecule has 0 aromatic heterocycles. The van der Waals surface area contributed by atoms with E-state index in [0.717, 1.165) is 22.4 Å². The minimum atomic E-state index is -0.424. The molecule has 0 spiro atoms. The van der Waals surface area contributed by atoms with E-state index in [1.54, 1.807) is 0 Å². The van der Waals surface area contributed by atoms with Crippen molar-refractivity contribution in [2.75, 3.05) is 20.3 Å². The number of ether oxygens (including phenoxy) is 1. The molecular formula is C19H25NO4. The Kier molecular flexibility index (Phi) is 6.55. The van der Waals surface area contributed by atoms with Crippen LogP contribution in [-0.4, -0.2) is 37.1 Å². The van der Waals surface area contributed by atoms with Gasteiger partial charge in [0.05, 0.1) is 19.4 Å². The zero-order valence-electron chi connectivity index (χ0n) is 14.5. The first kappa shape index (κ1) is 18.2. The Morgan fingerprint density at radius 3 is 2.79 bits per heavy atom. The summed E-state index contributed by atoms with van der Waals surface area (Å²) in [6, 6.07) is 5.99. The van der Waals surface area contributed by atoms with Gasteiger partial charge >= 0.3 is 5.97 Å². The number of benzene rings is 1. The lowest BCUT2D eigenvalue weighted by molar-refractivity contribution is -0.136. The number of aliphatic hydroxyl groups is 1. The van der Waals surface area contributed by atoms with E-state index in [4.69, 9.17) is 14.7 Å². The lowest BCUT2D eigenvalue weighted by Crippen LogP contribution is -2.10. The molecule has 1 aromatic carbocycles.